The van der Waals surface area contributed by atoms with E-state index in [1.54, 1.807) is 11.3 Å². The number of thiazole rings is 1. The Bertz CT molecular complexity index is 643. The molecule has 8 heteroatoms. The van der Waals surface area contributed by atoms with Crippen molar-refractivity contribution in [3.8, 4) is 0 Å². The van der Waals surface area contributed by atoms with Crippen LogP contribution in [0.25, 0.3) is 0 Å². The molecule has 1 unspecified atom stereocenters. The number of anilines is 2. The van der Waals surface area contributed by atoms with Crippen LogP contribution < -0.4 is 10.6 Å². The van der Waals surface area contributed by atoms with Crippen LogP contribution >= 0.6 is 11.3 Å². The van der Waals surface area contributed by atoms with Crippen LogP contribution in [-0.4, -0.2) is 21.4 Å². The zero-order chi connectivity index (χ0) is 15.4. The average Bonchev–Trinajstić information content (AvgIpc) is 2.85. The normalized spacial score (nSPS) is 12.0. The third kappa shape index (κ3) is 3.88. The van der Waals surface area contributed by atoms with Crippen LogP contribution in [0, 0.1) is 17.0 Å². The number of aryl methyl sites for hydroxylation is 1. The molecule has 2 heterocycles. The molecule has 2 aromatic heterocycles. The van der Waals surface area contributed by atoms with Crippen molar-refractivity contribution in [1.29, 1.82) is 0 Å². The highest BCUT2D eigenvalue weighted by molar-refractivity contribution is 7.11. The van der Waals surface area contributed by atoms with E-state index in [0.717, 1.165) is 9.88 Å². The number of nitrogens with one attached hydrogen (secondary N) is 2. The lowest BCUT2D eigenvalue weighted by Gasteiger charge is -2.13. The van der Waals surface area contributed by atoms with Gasteiger partial charge in [0, 0.05) is 17.6 Å². The summed E-state index contributed by atoms with van der Waals surface area (Å²) in [6.45, 7) is 6.50. The Morgan fingerprint density at radius 3 is 2.71 bits per heavy atom. The number of nitrogens with zero attached hydrogens (tertiary/aromatic N) is 3. The predicted molar refractivity (Wildman–Crippen MR) is 83.9 cm³/mol. The summed E-state index contributed by atoms with van der Waals surface area (Å²) in [5.41, 5.74) is 0.00553. The van der Waals surface area contributed by atoms with Gasteiger partial charge in [0.1, 0.15) is 16.6 Å². The van der Waals surface area contributed by atoms with E-state index >= 15 is 0 Å². The molecule has 0 saturated heterocycles. The molecule has 1 atom stereocenters. The van der Waals surface area contributed by atoms with Crippen LogP contribution in [0.3, 0.4) is 0 Å². The third-order valence-electron chi connectivity index (χ3n) is 2.75. The Morgan fingerprint density at radius 2 is 2.14 bits per heavy atom. The quantitative estimate of drug-likeness (QED) is 0.628. The second-order valence-electron chi connectivity index (χ2n) is 4.56. The van der Waals surface area contributed by atoms with Gasteiger partial charge in [0.2, 0.25) is 0 Å². The van der Waals surface area contributed by atoms with Gasteiger partial charge in [-0.05, 0) is 20.8 Å². The summed E-state index contributed by atoms with van der Waals surface area (Å²) < 4.78 is 0. The van der Waals surface area contributed by atoms with Crippen molar-refractivity contribution < 1.29 is 4.92 Å². The monoisotopic (exact) mass is 307 g/mol. The molecule has 0 fully saturated rings. The maximum absolute atomic E-state index is 11.0. The molecule has 2 rings (SSSR count). The first kappa shape index (κ1) is 15.2. The second-order valence-corrected chi connectivity index (χ2v) is 5.82. The van der Waals surface area contributed by atoms with E-state index in [9.17, 15) is 10.1 Å². The number of hydrogen-bond donors (Lipinski definition) is 2. The lowest BCUT2D eigenvalue weighted by atomic mass is 10.3. The molecule has 112 valence electrons. The zero-order valence-corrected chi connectivity index (χ0v) is 12.9. The van der Waals surface area contributed by atoms with Crippen LogP contribution in [0.5, 0.6) is 0 Å². The van der Waals surface area contributed by atoms with Gasteiger partial charge in [0.25, 0.3) is 5.69 Å². The highest BCUT2D eigenvalue weighted by atomic mass is 32.1. The lowest BCUT2D eigenvalue weighted by Crippen LogP contribution is -2.09. The van der Waals surface area contributed by atoms with Crippen molar-refractivity contribution in [1.82, 2.24) is 9.97 Å². The Hall–Kier alpha value is -2.22. The zero-order valence-electron chi connectivity index (χ0n) is 12.1. The fourth-order valence-electron chi connectivity index (χ4n) is 1.82. The van der Waals surface area contributed by atoms with E-state index in [0.29, 0.717) is 18.2 Å². The average molecular weight is 307 g/mol. The molecule has 0 aliphatic carbocycles. The van der Waals surface area contributed by atoms with Crippen molar-refractivity contribution in [3.63, 3.8) is 0 Å². The summed E-state index contributed by atoms with van der Waals surface area (Å²) in [6, 6.07) is 2.79. The number of rotatable bonds is 6. The van der Waals surface area contributed by atoms with E-state index in [1.165, 1.54) is 12.1 Å². The Morgan fingerprint density at radius 1 is 1.43 bits per heavy atom. The van der Waals surface area contributed by atoms with Crippen molar-refractivity contribution in [3.05, 3.63) is 38.3 Å². The Balaban J connectivity index is 2.23. The first-order valence-corrected chi connectivity index (χ1v) is 7.40. The molecule has 0 aromatic carbocycles. The first-order valence-electron chi connectivity index (χ1n) is 6.58. The van der Waals surface area contributed by atoms with E-state index in [-0.39, 0.29) is 11.7 Å². The molecular formula is C13H17N5O2S. The molecule has 0 spiro atoms. The number of pyridine rings is 1. The van der Waals surface area contributed by atoms with Crippen LogP contribution in [0.15, 0.2) is 18.3 Å². The van der Waals surface area contributed by atoms with Crippen LogP contribution in [0.2, 0.25) is 0 Å². The highest BCUT2D eigenvalue weighted by Gasteiger charge is 2.14. The van der Waals surface area contributed by atoms with Gasteiger partial charge in [-0.2, -0.15) is 0 Å². The van der Waals surface area contributed by atoms with E-state index in [1.807, 2.05) is 27.0 Å². The lowest BCUT2D eigenvalue weighted by molar-refractivity contribution is -0.384. The van der Waals surface area contributed by atoms with Crippen molar-refractivity contribution in [2.24, 2.45) is 0 Å². The number of nitro groups is 1. The Labute approximate surface area is 126 Å². The minimum atomic E-state index is -0.425. The first-order chi connectivity index (χ1) is 9.99. The predicted octanol–water partition coefficient (Wildman–Crippen LogP) is 3.36. The highest BCUT2D eigenvalue weighted by Crippen LogP contribution is 2.26. The fourth-order valence-corrected chi connectivity index (χ4v) is 2.60. The molecule has 0 amide bonds. The van der Waals surface area contributed by atoms with E-state index < -0.39 is 4.92 Å². The van der Waals surface area contributed by atoms with Gasteiger partial charge in [-0.3, -0.25) is 10.1 Å². The van der Waals surface area contributed by atoms with Gasteiger partial charge in [0.05, 0.1) is 23.1 Å². The summed E-state index contributed by atoms with van der Waals surface area (Å²) in [5.74, 6) is 0.942. The summed E-state index contributed by atoms with van der Waals surface area (Å²) in [6.07, 6.45) is 1.81. The molecular weight excluding hydrogens is 290 g/mol. The maximum Gasteiger partial charge on any atom is 0.276 e. The van der Waals surface area contributed by atoms with Crippen LogP contribution in [0.4, 0.5) is 17.3 Å². The summed E-state index contributed by atoms with van der Waals surface area (Å²) in [5, 5.41) is 18.1. The van der Waals surface area contributed by atoms with Gasteiger partial charge in [-0.25, -0.2) is 9.97 Å². The van der Waals surface area contributed by atoms with Crippen LogP contribution in [0.1, 0.15) is 29.8 Å². The molecule has 0 aliphatic rings. The van der Waals surface area contributed by atoms with Gasteiger partial charge in [-0.1, -0.05) is 0 Å². The molecule has 0 saturated carbocycles. The van der Waals surface area contributed by atoms with Crippen molar-refractivity contribution in [2.45, 2.75) is 26.8 Å². The molecule has 7 nitrogen and oxygen atoms in total. The second kappa shape index (κ2) is 6.49. The smallest absolute Gasteiger partial charge is 0.276 e. The van der Waals surface area contributed by atoms with E-state index in [2.05, 4.69) is 20.6 Å². The maximum atomic E-state index is 11.0. The van der Waals surface area contributed by atoms with Gasteiger partial charge in [0.15, 0.2) is 0 Å². The van der Waals surface area contributed by atoms with E-state index in [4.69, 9.17) is 0 Å². The summed E-state index contributed by atoms with van der Waals surface area (Å²) >= 11 is 1.59. The Kier molecular flexibility index (Phi) is 4.69. The summed E-state index contributed by atoms with van der Waals surface area (Å²) in [7, 11) is 0. The molecule has 2 N–H and O–H groups in total. The largest absolute Gasteiger partial charge is 0.370 e. The molecule has 2 aromatic rings. The topological polar surface area (TPSA) is 93.0 Å². The van der Waals surface area contributed by atoms with Gasteiger partial charge >= 0.3 is 0 Å². The summed E-state index contributed by atoms with van der Waals surface area (Å²) in [4.78, 5) is 20.3. The molecule has 0 aliphatic heterocycles. The number of aromatic nitrogens is 2. The van der Waals surface area contributed by atoms with Crippen molar-refractivity contribution >= 4 is 28.7 Å². The molecule has 21 heavy (non-hydrogen) atoms. The molecule has 0 radical (unpaired) electrons. The van der Waals surface area contributed by atoms with Gasteiger partial charge < -0.3 is 10.6 Å². The standard InChI is InChI=1S/C13H17N5O2S/c1-4-14-11-5-10(18(19)20)6-12(17-11)16-9(3)13-15-7-8(2)21-13/h5-7,9H,4H2,1-3H3,(H2,14,16,17). The molecule has 0 bridgehead atoms. The third-order valence-corrected chi connectivity index (χ3v) is 3.85. The number of hydrogen-bond acceptors (Lipinski definition) is 7. The van der Waals surface area contributed by atoms with Gasteiger partial charge in [-0.15, -0.1) is 11.3 Å². The minimum Gasteiger partial charge on any atom is -0.370 e. The minimum absolute atomic E-state index is 0.00553. The fraction of sp³-hybridized carbons (Fsp3) is 0.385. The van der Waals surface area contributed by atoms with Crippen molar-refractivity contribution in [2.75, 3.05) is 17.2 Å². The SMILES string of the molecule is CCNc1cc([N+](=O)[O-])cc(NC(C)c2ncc(C)s2)n1. The van der Waals surface area contributed by atoms with Crippen LogP contribution in [-0.2, 0) is 0 Å².